The lowest BCUT2D eigenvalue weighted by molar-refractivity contribution is -0.130. The van der Waals surface area contributed by atoms with Gasteiger partial charge in [-0.15, -0.1) is 0 Å². The maximum Gasteiger partial charge on any atom is 0.338 e. The standard InChI is InChI=1S/C16H16N2O3/c1-10(2)16(19)21-14-5-3-13(4-6-14)20-15-8-11(17)7-12(18)9-15/h3-9H,1,17-18H2,2H3. The fourth-order valence-electron chi connectivity index (χ4n) is 1.61. The molecule has 0 bridgehead atoms. The van der Waals surface area contributed by atoms with E-state index in [1.807, 2.05) is 0 Å². The van der Waals surface area contributed by atoms with Crippen LogP contribution in [-0.4, -0.2) is 5.97 Å². The Morgan fingerprint density at radius 1 is 0.952 bits per heavy atom. The van der Waals surface area contributed by atoms with E-state index in [1.165, 1.54) is 0 Å². The Balaban J connectivity index is 2.08. The van der Waals surface area contributed by atoms with E-state index in [4.69, 9.17) is 20.9 Å². The molecule has 21 heavy (non-hydrogen) atoms. The molecule has 0 saturated carbocycles. The van der Waals surface area contributed by atoms with Gasteiger partial charge in [-0.1, -0.05) is 6.58 Å². The summed E-state index contributed by atoms with van der Waals surface area (Å²) in [6, 6.07) is 11.6. The molecular weight excluding hydrogens is 268 g/mol. The number of nitrogens with two attached hydrogens (primary N) is 2. The summed E-state index contributed by atoms with van der Waals surface area (Å²) in [5, 5.41) is 0. The van der Waals surface area contributed by atoms with Crippen molar-refractivity contribution in [1.82, 2.24) is 0 Å². The predicted molar refractivity (Wildman–Crippen MR) is 82.2 cm³/mol. The fraction of sp³-hybridized carbons (Fsp3) is 0.0625. The molecule has 0 aliphatic heterocycles. The molecule has 5 nitrogen and oxygen atoms in total. The highest BCUT2D eigenvalue weighted by atomic mass is 16.5. The molecule has 0 saturated heterocycles. The van der Waals surface area contributed by atoms with Crippen molar-refractivity contribution in [2.45, 2.75) is 6.92 Å². The van der Waals surface area contributed by atoms with E-state index in [9.17, 15) is 4.79 Å². The van der Waals surface area contributed by atoms with E-state index >= 15 is 0 Å². The Labute approximate surface area is 122 Å². The third-order valence-corrected chi connectivity index (χ3v) is 2.57. The maximum absolute atomic E-state index is 11.4. The number of rotatable bonds is 4. The van der Waals surface area contributed by atoms with Crippen LogP contribution in [0.15, 0.2) is 54.6 Å². The van der Waals surface area contributed by atoms with Crippen molar-refractivity contribution < 1.29 is 14.3 Å². The zero-order chi connectivity index (χ0) is 15.4. The van der Waals surface area contributed by atoms with Gasteiger partial charge in [0.2, 0.25) is 0 Å². The molecule has 0 radical (unpaired) electrons. The molecule has 0 amide bonds. The van der Waals surface area contributed by atoms with Gasteiger partial charge in [-0.3, -0.25) is 0 Å². The van der Waals surface area contributed by atoms with Crippen molar-refractivity contribution in [2.75, 3.05) is 11.5 Å². The molecule has 0 aliphatic carbocycles. The fourth-order valence-corrected chi connectivity index (χ4v) is 1.61. The first-order chi connectivity index (χ1) is 9.94. The second kappa shape index (κ2) is 6.00. The summed E-state index contributed by atoms with van der Waals surface area (Å²) in [5.74, 6) is 1.07. The topological polar surface area (TPSA) is 87.6 Å². The van der Waals surface area contributed by atoms with Crippen LogP contribution < -0.4 is 20.9 Å². The molecule has 0 fully saturated rings. The SMILES string of the molecule is C=C(C)C(=O)Oc1ccc(Oc2cc(N)cc(N)c2)cc1. The number of nitrogen functional groups attached to an aromatic ring is 2. The molecule has 2 aromatic rings. The number of hydrogen-bond donors (Lipinski definition) is 2. The number of anilines is 2. The first kappa shape index (κ1) is 14.5. The molecule has 2 rings (SSSR count). The minimum absolute atomic E-state index is 0.338. The Bertz CT molecular complexity index is 658. The largest absolute Gasteiger partial charge is 0.457 e. The van der Waals surface area contributed by atoms with Gasteiger partial charge in [0, 0.05) is 29.1 Å². The molecule has 2 aromatic carbocycles. The van der Waals surface area contributed by atoms with Gasteiger partial charge in [-0.05, 0) is 37.3 Å². The predicted octanol–water partition coefficient (Wildman–Crippen LogP) is 3.12. The smallest absolute Gasteiger partial charge is 0.338 e. The van der Waals surface area contributed by atoms with Crippen LogP contribution in [0.2, 0.25) is 0 Å². The van der Waals surface area contributed by atoms with Crippen molar-refractivity contribution in [3.05, 3.63) is 54.6 Å². The molecule has 0 aliphatic rings. The average Bonchev–Trinajstić information content (AvgIpc) is 2.39. The third kappa shape index (κ3) is 4.01. The van der Waals surface area contributed by atoms with E-state index in [0.717, 1.165) is 0 Å². The monoisotopic (exact) mass is 284 g/mol. The Morgan fingerprint density at radius 2 is 1.48 bits per heavy atom. The summed E-state index contributed by atoms with van der Waals surface area (Å²) in [4.78, 5) is 11.4. The van der Waals surface area contributed by atoms with Gasteiger partial charge in [-0.2, -0.15) is 0 Å². The van der Waals surface area contributed by atoms with E-state index in [1.54, 1.807) is 49.4 Å². The number of benzene rings is 2. The molecule has 0 heterocycles. The van der Waals surface area contributed by atoms with Crippen molar-refractivity contribution in [1.29, 1.82) is 0 Å². The highest BCUT2D eigenvalue weighted by Crippen LogP contribution is 2.27. The van der Waals surface area contributed by atoms with E-state index in [2.05, 4.69) is 6.58 Å². The zero-order valence-electron chi connectivity index (χ0n) is 11.6. The van der Waals surface area contributed by atoms with Crippen LogP contribution in [0.4, 0.5) is 11.4 Å². The highest BCUT2D eigenvalue weighted by molar-refractivity contribution is 5.88. The normalized spacial score (nSPS) is 9.95. The Kier molecular flexibility index (Phi) is 4.13. The van der Waals surface area contributed by atoms with Gasteiger partial charge >= 0.3 is 5.97 Å². The second-order valence-electron chi connectivity index (χ2n) is 4.58. The minimum atomic E-state index is -0.465. The Hall–Kier alpha value is -2.95. The van der Waals surface area contributed by atoms with Gasteiger partial charge < -0.3 is 20.9 Å². The molecule has 0 atom stereocenters. The summed E-state index contributed by atoms with van der Waals surface area (Å²) in [6.45, 7) is 5.11. The summed E-state index contributed by atoms with van der Waals surface area (Å²) in [7, 11) is 0. The minimum Gasteiger partial charge on any atom is -0.457 e. The molecule has 0 spiro atoms. The zero-order valence-corrected chi connectivity index (χ0v) is 11.6. The van der Waals surface area contributed by atoms with Crippen molar-refractivity contribution in [3.8, 4) is 17.2 Å². The van der Waals surface area contributed by atoms with Crippen molar-refractivity contribution in [3.63, 3.8) is 0 Å². The average molecular weight is 284 g/mol. The summed E-state index contributed by atoms with van der Waals surface area (Å²) >= 11 is 0. The van der Waals surface area contributed by atoms with Crippen LogP contribution >= 0.6 is 0 Å². The van der Waals surface area contributed by atoms with Crippen LogP contribution in [-0.2, 0) is 4.79 Å². The van der Waals surface area contributed by atoms with Crippen LogP contribution in [0.5, 0.6) is 17.2 Å². The maximum atomic E-state index is 11.4. The number of esters is 1. The summed E-state index contributed by atoms with van der Waals surface area (Å²) in [5.41, 5.74) is 12.8. The lowest BCUT2D eigenvalue weighted by atomic mass is 10.2. The quantitative estimate of drug-likeness (QED) is 0.390. The molecular formula is C16H16N2O3. The number of hydrogen-bond acceptors (Lipinski definition) is 5. The van der Waals surface area contributed by atoms with E-state index in [0.29, 0.717) is 34.2 Å². The third-order valence-electron chi connectivity index (χ3n) is 2.57. The highest BCUT2D eigenvalue weighted by Gasteiger charge is 2.06. The lowest BCUT2D eigenvalue weighted by Gasteiger charge is -2.09. The van der Waals surface area contributed by atoms with Gasteiger partial charge in [0.15, 0.2) is 0 Å². The molecule has 4 N–H and O–H groups in total. The Morgan fingerprint density at radius 3 is 2.00 bits per heavy atom. The van der Waals surface area contributed by atoms with E-state index < -0.39 is 5.97 Å². The van der Waals surface area contributed by atoms with E-state index in [-0.39, 0.29) is 0 Å². The number of ether oxygens (including phenoxy) is 2. The second-order valence-corrected chi connectivity index (χ2v) is 4.58. The van der Waals surface area contributed by atoms with Crippen LogP contribution in [0.1, 0.15) is 6.92 Å². The lowest BCUT2D eigenvalue weighted by Crippen LogP contribution is -2.07. The summed E-state index contributed by atoms with van der Waals surface area (Å²) in [6.07, 6.45) is 0. The molecule has 5 heteroatoms. The number of carbonyl (C=O) groups excluding carboxylic acids is 1. The molecule has 0 aromatic heterocycles. The van der Waals surface area contributed by atoms with Crippen LogP contribution in [0.25, 0.3) is 0 Å². The summed E-state index contributed by atoms with van der Waals surface area (Å²) < 4.78 is 10.7. The molecule has 108 valence electrons. The number of carbonyl (C=O) groups is 1. The van der Waals surface area contributed by atoms with Gasteiger partial charge in [0.05, 0.1) is 0 Å². The van der Waals surface area contributed by atoms with Crippen LogP contribution in [0.3, 0.4) is 0 Å². The first-order valence-electron chi connectivity index (χ1n) is 6.25. The molecule has 0 unspecified atom stereocenters. The van der Waals surface area contributed by atoms with Crippen molar-refractivity contribution >= 4 is 17.3 Å². The van der Waals surface area contributed by atoms with Crippen molar-refractivity contribution in [2.24, 2.45) is 0 Å². The van der Waals surface area contributed by atoms with Gasteiger partial charge in [-0.25, -0.2) is 4.79 Å². The van der Waals surface area contributed by atoms with Gasteiger partial charge in [0.1, 0.15) is 17.2 Å². The van der Waals surface area contributed by atoms with Gasteiger partial charge in [0.25, 0.3) is 0 Å². The van der Waals surface area contributed by atoms with Crippen LogP contribution in [0, 0.1) is 0 Å². The first-order valence-corrected chi connectivity index (χ1v) is 6.25.